The van der Waals surface area contributed by atoms with Crippen molar-refractivity contribution in [3.63, 3.8) is 0 Å². The van der Waals surface area contributed by atoms with Crippen LogP contribution in [0.4, 0.5) is 10.1 Å². The van der Waals surface area contributed by atoms with E-state index in [0.29, 0.717) is 29.9 Å². The van der Waals surface area contributed by atoms with Crippen LogP contribution in [-0.4, -0.2) is 39.6 Å². The Labute approximate surface area is 171 Å². The zero-order valence-corrected chi connectivity index (χ0v) is 16.6. The molecule has 0 aliphatic rings. The summed E-state index contributed by atoms with van der Waals surface area (Å²) in [6.45, 7) is 4.57. The van der Waals surface area contributed by atoms with Crippen molar-refractivity contribution in [2.45, 2.75) is 20.4 Å². The molecule has 8 nitrogen and oxygen atoms in total. The average Bonchev–Trinajstić information content (AvgIpc) is 3.09. The third kappa shape index (κ3) is 4.80. The van der Waals surface area contributed by atoms with Crippen LogP contribution in [0.25, 0.3) is 11.5 Å². The van der Waals surface area contributed by atoms with Gasteiger partial charge >= 0.3 is 5.76 Å². The number of carbonyl (C=O) groups excluding carboxylic acids is 2. The van der Waals surface area contributed by atoms with Crippen LogP contribution in [-0.2, 0) is 11.3 Å². The standard InChI is InChI=1S/C21H21FN4O4/c1-3-25(4-2)20(28)15-6-5-7-17(12-15)23-18(27)13-26-21(29)30-19(24-26)14-8-10-16(22)11-9-14/h5-12H,3-4,13H2,1-2H3,(H,23,27). The van der Waals surface area contributed by atoms with Crippen LogP contribution in [0, 0.1) is 5.82 Å². The van der Waals surface area contributed by atoms with E-state index in [1.165, 1.54) is 24.3 Å². The summed E-state index contributed by atoms with van der Waals surface area (Å²) in [4.78, 5) is 38.5. The highest BCUT2D eigenvalue weighted by Gasteiger charge is 2.15. The molecule has 9 heteroatoms. The second-order valence-corrected chi connectivity index (χ2v) is 6.44. The lowest BCUT2D eigenvalue weighted by molar-refractivity contribution is -0.117. The molecule has 2 aromatic carbocycles. The minimum atomic E-state index is -0.810. The van der Waals surface area contributed by atoms with E-state index < -0.39 is 17.5 Å². The number of nitrogens with zero attached hydrogens (tertiary/aromatic N) is 3. The molecule has 0 spiro atoms. The first kappa shape index (κ1) is 21.0. The van der Waals surface area contributed by atoms with Crippen molar-refractivity contribution in [3.8, 4) is 11.5 Å². The molecule has 0 unspecified atom stereocenters. The number of benzene rings is 2. The van der Waals surface area contributed by atoms with Crippen LogP contribution in [0.5, 0.6) is 0 Å². The number of halogens is 1. The van der Waals surface area contributed by atoms with Crippen LogP contribution in [0.15, 0.2) is 57.7 Å². The van der Waals surface area contributed by atoms with Gasteiger partial charge in [-0.25, -0.2) is 9.18 Å². The molecule has 156 valence electrons. The Kier molecular flexibility index (Phi) is 6.41. The fraction of sp³-hybridized carbons (Fsp3) is 0.238. The summed E-state index contributed by atoms with van der Waals surface area (Å²) >= 11 is 0. The summed E-state index contributed by atoms with van der Waals surface area (Å²) in [5.41, 5.74) is 1.29. The van der Waals surface area contributed by atoms with Gasteiger partial charge in [-0.2, -0.15) is 4.68 Å². The smallest absolute Gasteiger partial charge is 0.388 e. The first-order valence-corrected chi connectivity index (χ1v) is 9.44. The highest BCUT2D eigenvalue weighted by Crippen LogP contribution is 2.16. The van der Waals surface area contributed by atoms with E-state index in [0.717, 1.165) is 4.68 Å². The molecule has 0 saturated carbocycles. The second-order valence-electron chi connectivity index (χ2n) is 6.44. The predicted octanol–water partition coefficient (Wildman–Crippen LogP) is 2.76. The van der Waals surface area contributed by atoms with Crippen molar-refractivity contribution in [1.82, 2.24) is 14.7 Å². The molecule has 0 atom stereocenters. The van der Waals surface area contributed by atoms with Crippen LogP contribution in [0.2, 0.25) is 0 Å². The largest absolute Gasteiger partial charge is 0.437 e. The molecule has 0 aliphatic heterocycles. The van der Waals surface area contributed by atoms with E-state index >= 15 is 0 Å². The van der Waals surface area contributed by atoms with Crippen LogP contribution < -0.4 is 11.1 Å². The first-order valence-electron chi connectivity index (χ1n) is 9.44. The van der Waals surface area contributed by atoms with Gasteiger partial charge in [0.05, 0.1) is 0 Å². The van der Waals surface area contributed by atoms with Crippen molar-refractivity contribution in [3.05, 3.63) is 70.5 Å². The van der Waals surface area contributed by atoms with Crippen molar-refractivity contribution in [1.29, 1.82) is 0 Å². The summed E-state index contributed by atoms with van der Waals surface area (Å²) in [6.07, 6.45) is 0. The van der Waals surface area contributed by atoms with Gasteiger partial charge in [0.2, 0.25) is 11.8 Å². The maximum absolute atomic E-state index is 13.0. The fourth-order valence-corrected chi connectivity index (χ4v) is 2.88. The molecule has 0 radical (unpaired) electrons. The Morgan fingerprint density at radius 1 is 1.13 bits per heavy atom. The summed E-state index contributed by atoms with van der Waals surface area (Å²) in [5, 5.41) is 6.62. The SMILES string of the molecule is CCN(CC)C(=O)c1cccc(NC(=O)Cn2nc(-c3ccc(F)cc3)oc2=O)c1. The molecule has 2 amide bonds. The highest BCUT2D eigenvalue weighted by atomic mass is 19.1. The summed E-state index contributed by atoms with van der Waals surface area (Å²) in [6, 6.07) is 11.8. The van der Waals surface area contributed by atoms with Crippen molar-refractivity contribution >= 4 is 17.5 Å². The van der Waals surface area contributed by atoms with Gasteiger partial charge in [-0.15, -0.1) is 5.10 Å². The molecule has 1 aromatic heterocycles. The molecule has 3 aromatic rings. The average molecular weight is 412 g/mol. The van der Waals surface area contributed by atoms with Gasteiger partial charge in [-0.3, -0.25) is 9.59 Å². The lowest BCUT2D eigenvalue weighted by atomic mass is 10.1. The van der Waals surface area contributed by atoms with E-state index in [1.807, 2.05) is 13.8 Å². The number of hydrogen-bond acceptors (Lipinski definition) is 5. The molecule has 0 saturated heterocycles. The van der Waals surface area contributed by atoms with Crippen molar-refractivity contribution in [2.75, 3.05) is 18.4 Å². The van der Waals surface area contributed by atoms with Gasteiger partial charge < -0.3 is 14.6 Å². The molecular formula is C21H21FN4O4. The molecule has 1 N–H and O–H groups in total. The maximum Gasteiger partial charge on any atom is 0.437 e. The number of hydrogen-bond donors (Lipinski definition) is 1. The van der Waals surface area contributed by atoms with Gasteiger partial charge in [0, 0.05) is 29.9 Å². The van der Waals surface area contributed by atoms with E-state index in [2.05, 4.69) is 10.4 Å². The molecule has 0 aliphatic carbocycles. The summed E-state index contributed by atoms with van der Waals surface area (Å²) in [7, 11) is 0. The fourth-order valence-electron chi connectivity index (χ4n) is 2.88. The molecule has 3 rings (SSSR count). The van der Waals surface area contributed by atoms with E-state index in [9.17, 15) is 18.8 Å². The third-order valence-corrected chi connectivity index (χ3v) is 4.43. The normalized spacial score (nSPS) is 10.6. The summed E-state index contributed by atoms with van der Waals surface area (Å²) < 4.78 is 18.9. The molecular weight excluding hydrogens is 391 g/mol. The zero-order valence-electron chi connectivity index (χ0n) is 16.6. The number of anilines is 1. The van der Waals surface area contributed by atoms with E-state index in [1.54, 1.807) is 29.2 Å². The molecule has 30 heavy (non-hydrogen) atoms. The number of rotatable bonds is 7. The van der Waals surface area contributed by atoms with Crippen molar-refractivity contribution < 1.29 is 18.4 Å². The van der Waals surface area contributed by atoms with Gasteiger partial charge in [0.25, 0.3) is 5.91 Å². The Morgan fingerprint density at radius 3 is 2.50 bits per heavy atom. The van der Waals surface area contributed by atoms with Crippen LogP contribution in [0.1, 0.15) is 24.2 Å². The Hall–Kier alpha value is -3.75. The van der Waals surface area contributed by atoms with Crippen molar-refractivity contribution in [2.24, 2.45) is 0 Å². The zero-order chi connectivity index (χ0) is 21.7. The summed E-state index contributed by atoms with van der Waals surface area (Å²) in [5.74, 6) is -1.90. The number of aromatic nitrogens is 2. The quantitative estimate of drug-likeness (QED) is 0.644. The molecule has 1 heterocycles. The van der Waals surface area contributed by atoms with Crippen LogP contribution >= 0.6 is 0 Å². The van der Waals surface area contributed by atoms with Gasteiger partial charge in [0.15, 0.2) is 0 Å². The Morgan fingerprint density at radius 2 is 1.83 bits per heavy atom. The second kappa shape index (κ2) is 9.17. The topological polar surface area (TPSA) is 97.4 Å². The predicted molar refractivity (Wildman–Crippen MR) is 108 cm³/mol. The van der Waals surface area contributed by atoms with Gasteiger partial charge in [-0.1, -0.05) is 6.07 Å². The lowest BCUT2D eigenvalue weighted by Crippen LogP contribution is -2.30. The highest BCUT2D eigenvalue weighted by molar-refractivity contribution is 5.97. The van der Waals surface area contributed by atoms with Crippen LogP contribution in [0.3, 0.4) is 0 Å². The maximum atomic E-state index is 13.0. The monoisotopic (exact) mass is 412 g/mol. The van der Waals surface area contributed by atoms with E-state index in [4.69, 9.17) is 4.42 Å². The lowest BCUT2D eigenvalue weighted by Gasteiger charge is -2.19. The molecule has 0 fully saturated rings. The van der Waals surface area contributed by atoms with Gasteiger partial charge in [0.1, 0.15) is 12.4 Å². The number of nitrogens with one attached hydrogen (secondary N) is 1. The number of carbonyl (C=O) groups is 2. The number of amides is 2. The minimum Gasteiger partial charge on any atom is -0.388 e. The Bertz CT molecular complexity index is 1100. The third-order valence-electron chi connectivity index (χ3n) is 4.43. The minimum absolute atomic E-state index is 0.0142. The Balaban J connectivity index is 1.71. The van der Waals surface area contributed by atoms with Gasteiger partial charge in [-0.05, 0) is 56.3 Å². The molecule has 0 bridgehead atoms. The first-order chi connectivity index (χ1) is 14.4. The van der Waals surface area contributed by atoms with E-state index in [-0.39, 0.29) is 18.3 Å².